The van der Waals surface area contributed by atoms with Gasteiger partial charge in [0.1, 0.15) is 12.4 Å². The predicted octanol–water partition coefficient (Wildman–Crippen LogP) is 1.15. The Kier molecular flexibility index (Phi) is 6.01. The Balaban J connectivity index is 1.87. The van der Waals surface area contributed by atoms with Gasteiger partial charge in [0.05, 0.1) is 13.2 Å². The standard InChI is InChI=1S/C20H29N3O4/c1-21(2)11-12-22(3)20(25)19-18(14-5-9-16(26-4)10-6-14)23(15-7-8-15)17(24)13-27-19/h5-6,9-10,15,18-19H,7-8,11-13H2,1-4H3/t18-,19+/m1/s1. The summed E-state index contributed by atoms with van der Waals surface area (Å²) in [5.41, 5.74) is 0.898. The second-order valence-electron chi connectivity index (χ2n) is 7.54. The van der Waals surface area contributed by atoms with Crippen molar-refractivity contribution in [3.63, 3.8) is 0 Å². The van der Waals surface area contributed by atoms with Crippen LogP contribution in [0.25, 0.3) is 0 Å². The number of morpholine rings is 1. The van der Waals surface area contributed by atoms with E-state index in [1.807, 2.05) is 48.2 Å². The molecule has 1 saturated heterocycles. The molecule has 0 N–H and O–H groups in total. The summed E-state index contributed by atoms with van der Waals surface area (Å²) in [6.07, 6.45) is 1.27. The first-order valence-corrected chi connectivity index (χ1v) is 9.38. The molecule has 1 aliphatic heterocycles. The maximum atomic E-state index is 13.1. The number of rotatable bonds is 7. The van der Waals surface area contributed by atoms with Gasteiger partial charge < -0.3 is 24.2 Å². The average molecular weight is 375 g/mol. The Morgan fingerprint density at radius 3 is 2.41 bits per heavy atom. The molecule has 2 fully saturated rings. The molecule has 1 aromatic carbocycles. The van der Waals surface area contributed by atoms with E-state index in [9.17, 15) is 9.59 Å². The van der Waals surface area contributed by atoms with Gasteiger partial charge in [0, 0.05) is 26.2 Å². The molecule has 7 heteroatoms. The molecule has 27 heavy (non-hydrogen) atoms. The number of carbonyl (C=O) groups excluding carboxylic acids is 2. The fourth-order valence-corrected chi connectivity index (χ4v) is 3.43. The first-order valence-electron chi connectivity index (χ1n) is 9.38. The van der Waals surface area contributed by atoms with E-state index in [0.717, 1.165) is 30.7 Å². The van der Waals surface area contributed by atoms with Crippen LogP contribution < -0.4 is 4.74 Å². The third kappa shape index (κ3) is 4.42. The molecule has 3 rings (SSSR count). The van der Waals surface area contributed by atoms with E-state index in [2.05, 4.69) is 0 Å². The maximum Gasteiger partial charge on any atom is 0.254 e. The zero-order chi connectivity index (χ0) is 19.6. The van der Waals surface area contributed by atoms with Gasteiger partial charge >= 0.3 is 0 Å². The number of nitrogens with zero attached hydrogens (tertiary/aromatic N) is 3. The molecule has 0 unspecified atom stereocenters. The van der Waals surface area contributed by atoms with E-state index in [1.54, 1.807) is 19.1 Å². The van der Waals surface area contributed by atoms with Gasteiger partial charge in [-0.25, -0.2) is 0 Å². The van der Waals surface area contributed by atoms with E-state index in [4.69, 9.17) is 9.47 Å². The summed E-state index contributed by atoms with van der Waals surface area (Å²) >= 11 is 0. The number of methoxy groups -OCH3 is 1. The van der Waals surface area contributed by atoms with E-state index >= 15 is 0 Å². The summed E-state index contributed by atoms with van der Waals surface area (Å²) in [6.45, 7) is 1.34. The second kappa shape index (κ2) is 8.27. The molecule has 1 heterocycles. The molecule has 1 saturated carbocycles. The number of hydrogen-bond donors (Lipinski definition) is 0. The SMILES string of the molecule is COc1ccc([C@@H]2[C@@H](C(=O)N(C)CCN(C)C)OCC(=O)N2C2CC2)cc1. The number of likely N-dealkylation sites (N-methyl/N-ethyl adjacent to an activating group) is 2. The van der Waals surface area contributed by atoms with Gasteiger partial charge in [0.25, 0.3) is 5.91 Å². The van der Waals surface area contributed by atoms with Gasteiger partial charge in [-0.15, -0.1) is 0 Å². The summed E-state index contributed by atoms with van der Waals surface area (Å²) in [5.74, 6) is 0.611. The minimum absolute atomic E-state index is 0.0406. The van der Waals surface area contributed by atoms with Crippen LogP contribution in [0.3, 0.4) is 0 Å². The third-order valence-corrected chi connectivity index (χ3v) is 5.16. The highest BCUT2D eigenvalue weighted by atomic mass is 16.5. The third-order valence-electron chi connectivity index (χ3n) is 5.16. The Hall–Kier alpha value is -2.12. The fraction of sp³-hybridized carbons (Fsp3) is 0.600. The minimum atomic E-state index is -0.691. The second-order valence-corrected chi connectivity index (χ2v) is 7.54. The lowest BCUT2D eigenvalue weighted by Crippen LogP contribution is -2.55. The van der Waals surface area contributed by atoms with Crippen molar-refractivity contribution in [3.8, 4) is 5.75 Å². The summed E-state index contributed by atoms with van der Waals surface area (Å²) in [7, 11) is 7.36. The van der Waals surface area contributed by atoms with Crippen molar-refractivity contribution in [1.82, 2.24) is 14.7 Å². The predicted molar refractivity (Wildman–Crippen MR) is 102 cm³/mol. The highest BCUT2D eigenvalue weighted by molar-refractivity contribution is 5.86. The summed E-state index contributed by atoms with van der Waals surface area (Å²) in [6, 6.07) is 7.35. The molecular weight excluding hydrogens is 346 g/mol. The summed E-state index contributed by atoms with van der Waals surface area (Å²) < 4.78 is 11.0. The van der Waals surface area contributed by atoms with Crippen molar-refractivity contribution in [2.45, 2.75) is 31.0 Å². The van der Waals surface area contributed by atoms with E-state index in [1.165, 1.54) is 0 Å². The number of benzene rings is 1. The Labute approximate surface area is 160 Å². The molecule has 0 bridgehead atoms. The van der Waals surface area contributed by atoms with Crippen LogP contribution in [0.1, 0.15) is 24.4 Å². The fourth-order valence-electron chi connectivity index (χ4n) is 3.43. The van der Waals surface area contributed by atoms with Gasteiger partial charge in [-0.05, 0) is 44.6 Å². The van der Waals surface area contributed by atoms with Gasteiger partial charge in [-0.2, -0.15) is 0 Å². The maximum absolute atomic E-state index is 13.1. The molecule has 1 aliphatic carbocycles. The van der Waals surface area contributed by atoms with Crippen LogP contribution in [0.4, 0.5) is 0 Å². The highest BCUT2D eigenvalue weighted by Gasteiger charge is 2.48. The largest absolute Gasteiger partial charge is 0.497 e. The van der Waals surface area contributed by atoms with Gasteiger partial charge in [0.2, 0.25) is 5.91 Å². The number of ether oxygens (including phenoxy) is 2. The topological polar surface area (TPSA) is 62.3 Å². The van der Waals surface area contributed by atoms with Gasteiger partial charge in [0.15, 0.2) is 6.10 Å². The molecule has 2 aliphatic rings. The van der Waals surface area contributed by atoms with Crippen LogP contribution in [0.2, 0.25) is 0 Å². The van der Waals surface area contributed by atoms with Crippen LogP contribution in [-0.4, -0.2) is 86.6 Å². The van der Waals surface area contributed by atoms with Crippen molar-refractivity contribution < 1.29 is 19.1 Å². The van der Waals surface area contributed by atoms with Crippen molar-refractivity contribution in [1.29, 1.82) is 0 Å². The first-order chi connectivity index (χ1) is 12.9. The molecule has 0 spiro atoms. The normalized spacial score (nSPS) is 22.9. The van der Waals surface area contributed by atoms with Crippen molar-refractivity contribution in [2.24, 2.45) is 0 Å². The number of carbonyl (C=O) groups is 2. The van der Waals surface area contributed by atoms with E-state index in [0.29, 0.717) is 6.54 Å². The van der Waals surface area contributed by atoms with Crippen LogP contribution in [0, 0.1) is 0 Å². The lowest BCUT2D eigenvalue weighted by atomic mass is 9.96. The first kappa shape index (κ1) is 19.6. The van der Waals surface area contributed by atoms with Crippen molar-refractivity contribution >= 4 is 11.8 Å². The Bertz CT molecular complexity index is 672. The van der Waals surface area contributed by atoms with E-state index in [-0.39, 0.29) is 24.5 Å². The molecule has 0 aromatic heterocycles. The monoisotopic (exact) mass is 375 g/mol. The summed E-state index contributed by atoms with van der Waals surface area (Å²) in [5, 5.41) is 0. The van der Waals surface area contributed by atoms with Gasteiger partial charge in [-0.3, -0.25) is 9.59 Å². The number of hydrogen-bond acceptors (Lipinski definition) is 5. The molecule has 1 aromatic rings. The molecule has 2 atom stereocenters. The van der Waals surface area contributed by atoms with E-state index < -0.39 is 12.1 Å². The van der Waals surface area contributed by atoms with Crippen molar-refractivity contribution in [2.75, 3.05) is 47.9 Å². The lowest BCUT2D eigenvalue weighted by Gasteiger charge is -2.42. The minimum Gasteiger partial charge on any atom is -0.497 e. The van der Waals surface area contributed by atoms with Gasteiger partial charge in [-0.1, -0.05) is 12.1 Å². The Morgan fingerprint density at radius 2 is 1.85 bits per heavy atom. The van der Waals surface area contributed by atoms with Crippen LogP contribution in [0.15, 0.2) is 24.3 Å². The zero-order valence-corrected chi connectivity index (χ0v) is 16.6. The lowest BCUT2D eigenvalue weighted by molar-refractivity contribution is -0.169. The number of amides is 2. The highest BCUT2D eigenvalue weighted by Crippen LogP contribution is 2.40. The zero-order valence-electron chi connectivity index (χ0n) is 16.6. The summed E-state index contributed by atoms with van der Waals surface area (Å²) in [4.78, 5) is 31.3. The molecule has 2 amide bonds. The molecule has 7 nitrogen and oxygen atoms in total. The van der Waals surface area contributed by atoms with Crippen LogP contribution in [-0.2, 0) is 14.3 Å². The average Bonchev–Trinajstić information content (AvgIpc) is 3.50. The molecular formula is C20H29N3O4. The molecule has 0 radical (unpaired) electrons. The van der Waals surface area contributed by atoms with Crippen molar-refractivity contribution in [3.05, 3.63) is 29.8 Å². The quantitative estimate of drug-likeness (QED) is 0.715. The smallest absolute Gasteiger partial charge is 0.254 e. The van der Waals surface area contributed by atoms with Crippen LogP contribution in [0.5, 0.6) is 5.75 Å². The molecule has 148 valence electrons. The Morgan fingerprint density at radius 1 is 1.19 bits per heavy atom. The van der Waals surface area contributed by atoms with Crippen LogP contribution >= 0.6 is 0 Å².